The molecule has 3 aromatic rings. The van der Waals surface area contributed by atoms with Crippen molar-refractivity contribution in [3.05, 3.63) is 51.4 Å². The molecule has 6 nitrogen and oxygen atoms in total. The molecule has 0 spiro atoms. The monoisotopic (exact) mass is 407 g/mol. The fraction of sp³-hybridized carbons (Fsp3) is 0.263. The minimum Gasteiger partial charge on any atom is -0.508 e. The van der Waals surface area contributed by atoms with Crippen molar-refractivity contribution in [3.8, 4) is 5.75 Å². The molecule has 0 radical (unpaired) electrons. The molecule has 0 saturated heterocycles. The first-order chi connectivity index (χ1) is 13.0. The average Bonchev–Trinajstić information content (AvgIpc) is 3.23. The number of esters is 1. The summed E-state index contributed by atoms with van der Waals surface area (Å²) in [5.74, 6) is -0.699. The lowest BCUT2D eigenvalue weighted by Crippen LogP contribution is -2.34. The van der Waals surface area contributed by atoms with Gasteiger partial charge >= 0.3 is 5.97 Å². The van der Waals surface area contributed by atoms with Crippen LogP contribution in [-0.2, 0) is 27.3 Å². The fourth-order valence-electron chi connectivity index (χ4n) is 2.65. The quantitative estimate of drug-likeness (QED) is 0.599. The van der Waals surface area contributed by atoms with Crippen molar-refractivity contribution in [1.82, 2.24) is 4.90 Å². The Hall–Kier alpha value is -2.51. The van der Waals surface area contributed by atoms with Gasteiger partial charge in [0.25, 0.3) is 5.91 Å². The van der Waals surface area contributed by atoms with Crippen molar-refractivity contribution in [1.29, 1.82) is 0 Å². The third-order valence-corrected chi connectivity index (χ3v) is 5.26. The van der Waals surface area contributed by atoms with E-state index < -0.39 is 5.97 Å². The Morgan fingerprint density at radius 1 is 1.30 bits per heavy atom. The number of ether oxygens (including phenoxy) is 1. The second-order valence-corrected chi connectivity index (χ2v) is 7.69. The summed E-state index contributed by atoms with van der Waals surface area (Å²) in [6.45, 7) is 2.48. The number of thiophene rings is 1. The van der Waals surface area contributed by atoms with Crippen LogP contribution in [0, 0.1) is 0 Å². The van der Waals surface area contributed by atoms with Crippen molar-refractivity contribution in [2.24, 2.45) is 0 Å². The SMILES string of the molecule is CCN(Cc1ccc(Cl)s1)C(=O)COC(=O)Cc1coc2cc(O)ccc12. The Morgan fingerprint density at radius 3 is 2.81 bits per heavy atom. The van der Waals surface area contributed by atoms with E-state index in [1.165, 1.54) is 29.7 Å². The van der Waals surface area contributed by atoms with Gasteiger partial charge in [0.05, 0.1) is 23.6 Å². The van der Waals surface area contributed by atoms with E-state index in [2.05, 4.69) is 0 Å². The van der Waals surface area contributed by atoms with Gasteiger partial charge in [-0.2, -0.15) is 0 Å². The van der Waals surface area contributed by atoms with E-state index in [0.717, 1.165) is 10.3 Å². The standard InChI is InChI=1S/C19H18ClNO5S/c1-2-21(9-14-4-6-17(20)27-14)18(23)11-26-19(24)7-12-10-25-16-8-13(22)3-5-15(12)16/h3-6,8,10,22H,2,7,9,11H2,1H3. The van der Waals surface area contributed by atoms with Gasteiger partial charge in [0.15, 0.2) is 6.61 Å². The summed E-state index contributed by atoms with van der Waals surface area (Å²) in [4.78, 5) is 27.0. The van der Waals surface area contributed by atoms with E-state index in [0.29, 0.717) is 28.6 Å². The highest BCUT2D eigenvalue weighted by Gasteiger charge is 2.17. The molecule has 8 heteroatoms. The number of hydrogen-bond acceptors (Lipinski definition) is 6. The van der Waals surface area contributed by atoms with Crippen LogP contribution >= 0.6 is 22.9 Å². The highest BCUT2D eigenvalue weighted by Crippen LogP contribution is 2.25. The van der Waals surface area contributed by atoms with Gasteiger partial charge in [-0.05, 0) is 31.2 Å². The zero-order valence-electron chi connectivity index (χ0n) is 14.6. The minimum atomic E-state index is -0.519. The van der Waals surface area contributed by atoms with E-state index >= 15 is 0 Å². The molecule has 2 heterocycles. The Balaban J connectivity index is 1.55. The maximum atomic E-state index is 12.3. The predicted octanol–water partition coefficient (Wildman–Crippen LogP) is 3.99. The Kier molecular flexibility index (Phi) is 6.03. The fourth-order valence-corrected chi connectivity index (χ4v) is 3.75. The molecule has 1 aromatic carbocycles. The number of rotatable bonds is 7. The van der Waals surface area contributed by atoms with E-state index in [1.54, 1.807) is 17.0 Å². The minimum absolute atomic E-state index is 0.0162. The van der Waals surface area contributed by atoms with Crippen LogP contribution in [0.25, 0.3) is 11.0 Å². The molecule has 0 saturated carbocycles. The van der Waals surface area contributed by atoms with Crippen molar-refractivity contribution in [2.75, 3.05) is 13.2 Å². The number of furan rings is 1. The normalized spacial score (nSPS) is 10.9. The maximum Gasteiger partial charge on any atom is 0.310 e. The number of fused-ring (bicyclic) bond motifs is 1. The third kappa shape index (κ3) is 4.81. The zero-order chi connectivity index (χ0) is 19.4. The molecule has 1 amide bonds. The van der Waals surface area contributed by atoms with E-state index in [-0.39, 0.29) is 24.7 Å². The summed E-state index contributed by atoms with van der Waals surface area (Å²) in [5, 5.41) is 10.2. The van der Waals surface area contributed by atoms with Gasteiger partial charge in [0, 0.05) is 28.4 Å². The van der Waals surface area contributed by atoms with Crippen molar-refractivity contribution in [3.63, 3.8) is 0 Å². The summed E-state index contributed by atoms with van der Waals surface area (Å²) >= 11 is 7.32. The van der Waals surface area contributed by atoms with E-state index in [9.17, 15) is 14.7 Å². The van der Waals surface area contributed by atoms with Gasteiger partial charge in [0.1, 0.15) is 11.3 Å². The first-order valence-corrected chi connectivity index (χ1v) is 9.52. The Labute approximate surface area is 164 Å². The van der Waals surface area contributed by atoms with Crippen LogP contribution in [-0.4, -0.2) is 35.0 Å². The number of nitrogens with zero attached hydrogens (tertiary/aromatic N) is 1. The lowest BCUT2D eigenvalue weighted by molar-refractivity contribution is -0.151. The molecule has 0 fully saturated rings. The molecular formula is C19H18ClNO5S. The molecule has 3 rings (SSSR count). The molecule has 0 atom stereocenters. The Bertz CT molecular complexity index is 964. The van der Waals surface area contributed by atoms with Crippen LogP contribution in [0.5, 0.6) is 5.75 Å². The van der Waals surface area contributed by atoms with Gasteiger partial charge in [-0.25, -0.2) is 0 Å². The summed E-state index contributed by atoms with van der Waals surface area (Å²) in [7, 11) is 0. The first-order valence-electron chi connectivity index (χ1n) is 8.33. The number of halogens is 1. The Morgan fingerprint density at radius 2 is 2.11 bits per heavy atom. The van der Waals surface area contributed by atoms with Crippen LogP contribution in [0.15, 0.2) is 41.0 Å². The molecule has 2 aromatic heterocycles. The summed E-state index contributed by atoms with van der Waals surface area (Å²) < 4.78 is 11.1. The van der Waals surface area contributed by atoms with Crippen LogP contribution in [0.3, 0.4) is 0 Å². The predicted molar refractivity (Wildman–Crippen MR) is 103 cm³/mol. The molecule has 0 bridgehead atoms. The van der Waals surface area contributed by atoms with Gasteiger partial charge in [0.2, 0.25) is 0 Å². The largest absolute Gasteiger partial charge is 0.508 e. The van der Waals surface area contributed by atoms with Crippen molar-refractivity contribution < 1.29 is 23.8 Å². The van der Waals surface area contributed by atoms with Crippen LogP contribution in [0.4, 0.5) is 0 Å². The van der Waals surface area contributed by atoms with Crippen molar-refractivity contribution in [2.45, 2.75) is 19.9 Å². The number of aromatic hydroxyl groups is 1. The summed E-state index contributed by atoms with van der Waals surface area (Å²) in [6.07, 6.45) is 1.43. The molecule has 0 aliphatic carbocycles. The summed E-state index contributed by atoms with van der Waals surface area (Å²) in [6, 6.07) is 8.33. The van der Waals surface area contributed by atoms with Crippen LogP contribution < -0.4 is 0 Å². The van der Waals surface area contributed by atoms with Crippen LogP contribution in [0.2, 0.25) is 4.34 Å². The second kappa shape index (κ2) is 8.45. The topological polar surface area (TPSA) is 80.0 Å². The highest BCUT2D eigenvalue weighted by molar-refractivity contribution is 7.16. The number of benzene rings is 1. The molecule has 0 aliphatic rings. The number of carbonyl (C=O) groups is 2. The molecule has 142 valence electrons. The van der Waals surface area contributed by atoms with Gasteiger partial charge in [-0.1, -0.05) is 11.6 Å². The molecule has 1 N–H and O–H groups in total. The maximum absolute atomic E-state index is 12.3. The molecular weight excluding hydrogens is 390 g/mol. The second-order valence-electron chi connectivity index (χ2n) is 5.89. The third-order valence-electron chi connectivity index (χ3n) is 4.04. The molecule has 0 aliphatic heterocycles. The van der Waals surface area contributed by atoms with Gasteiger partial charge in [-0.3, -0.25) is 9.59 Å². The number of hydrogen-bond donors (Lipinski definition) is 1. The molecule has 27 heavy (non-hydrogen) atoms. The van der Waals surface area contributed by atoms with Crippen molar-refractivity contribution >= 4 is 45.8 Å². The smallest absolute Gasteiger partial charge is 0.310 e. The first kappa shape index (κ1) is 19.3. The number of phenolic OH excluding ortho intramolecular Hbond substituents is 1. The summed E-state index contributed by atoms with van der Waals surface area (Å²) in [5.41, 5.74) is 1.13. The number of amides is 1. The number of likely N-dealkylation sites (N-methyl/N-ethyl adjacent to an activating group) is 1. The van der Waals surface area contributed by atoms with Crippen LogP contribution in [0.1, 0.15) is 17.4 Å². The van der Waals surface area contributed by atoms with E-state index in [4.69, 9.17) is 20.8 Å². The van der Waals surface area contributed by atoms with Gasteiger partial charge in [-0.15, -0.1) is 11.3 Å². The number of phenols is 1. The van der Waals surface area contributed by atoms with Gasteiger partial charge < -0.3 is 19.2 Å². The lowest BCUT2D eigenvalue weighted by atomic mass is 10.1. The average molecular weight is 408 g/mol. The zero-order valence-corrected chi connectivity index (χ0v) is 16.2. The lowest BCUT2D eigenvalue weighted by Gasteiger charge is -2.19. The number of carbonyl (C=O) groups excluding carboxylic acids is 2. The highest BCUT2D eigenvalue weighted by atomic mass is 35.5. The van der Waals surface area contributed by atoms with E-state index in [1.807, 2.05) is 13.0 Å². The molecule has 0 unspecified atom stereocenters.